The highest BCUT2D eigenvalue weighted by atomic mass is 35.5. The number of nitrogens with zero attached hydrogens (tertiary/aromatic N) is 2. The molecule has 4 rings (SSSR count). The van der Waals surface area contributed by atoms with E-state index in [0.717, 1.165) is 36.1 Å². The first-order valence-corrected chi connectivity index (χ1v) is 12.9. The molecule has 1 amide bonds. The Morgan fingerprint density at radius 2 is 1.94 bits per heavy atom. The minimum absolute atomic E-state index is 0.0741. The van der Waals surface area contributed by atoms with Gasteiger partial charge in [0.1, 0.15) is 5.75 Å². The lowest BCUT2D eigenvalue weighted by Crippen LogP contribution is -2.45. The van der Waals surface area contributed by atoms with Gasteiger partial charge in [0.2, 0.25) is 5.91 Å². The van der Waals surface area contributed by atoms with Gasteiger partial charge in [-0.2, -0.15) is 5.10 Å². The fourth-order valence-electron chi connectivity index (χ4n) is 4.52. The van der Waals surface area contributed by atoms with Crippen LogP contribution in [0, 0.1) is 6.92 Å². The number of amides is 1. The number of nitrogens with one attached hydrogen (secondary N) is 1. The zero-order valence-electron chi connectivity index (χ0n) is 20.1. The Balaban J connectivity index is 1.65. The summed E-state index contributed by atoms with van der Waals surface area (Å²) in [5.74, 6) is 0.463. The summed E-state index contributed by atoms with van der Waals surface area (Å²) in [6, 6.07) is 12.4. The fraction of sp³-hybridized carbons (Fsp3) is 0.407. The second-order valence-corrected chi connectivity index (χ2v) is 9.89. The Hall–Kier alpha value is -2.61. The van der Waals surface area contributed by atoms with Gasteiger partial charge in [0.15, 0.2) is 0 Å². The monoisotopic (exact) mass is 533 g/mol. The van der Waals surface area contributed by atoms with Crippen LogP contribution in [-0.2, 0) is 11.2 Å². The Morgan fingerprint density at radius 3 is 2.64 bits per heavy atom. The Bertz CT molecular complexity index is 1200. The first kappa shape index (κ1) is 26.5. The standard InChI is InChI=1S/C27H30Cl2FN3O3/c1-17-23(16-26(35)31-22-5-2-3-6-25(22)34)32-33(24-12-9-19(28)15-21(24)29)27(17)18-7-10-20(11-8-18)36-14-4-13-30/h7-12,15,22,25,34H,2-6,13-14,16H2,1H3,(H,31,35)/t22-,25+/m1/s1. The third-order valence-corrected chi connectivity index (χ3v) is 6.97. The zero-order valence-corrected chi connectivity index (χ0v) is 21.7. The second-order valence-electron chi connectivity index (χ2n) is 9.05. The van der Waals surface area contributed by atoms with Crippen molar-refractivity contribution in [2.75, 3.05) is 13.3 Å². The molecule has 2 N–H and O–H groups in total. The Labute approximate surface area is 220 Å². The van der Waals surface area contributed by atoms with Crippen LogP contribution in [0.15, 0.2) is 42.5 Å². The predicted octanol–water partition coefficient (Wildman–Crippen LogP) is 5.86. The second kappa shape index (κ2) is 12.1. The predicted molar refractivity (Wildman–Crippen MR) is 140 cm³/mol. The van der Waals surface area contributed by atoms with Crippen LogP contribution in [-0.4, -0.2) is 46.2 Å². The Morgan fingerprint density at radius 1 is 1.19 bits per heavy atom. The van der Waals surface area contributed by atoms with E-state index in [1.807, 2.05) is 31.2 Å². The van der Waals surface area contributed by atoms with Gasteiger partial charge in [0.05, 0.1) is 53.9 Å². The number of aliphatic hydroxyl groups is 1. The highest BCUT2D eigenvalue weighted by Crippen LogP contribution is 2.33. The average Bonchev–Trinajstić information content (AvgIpc) is 3.16. The summed E-state index contributed by atoms with van der Waals surface area (Å²) in [5.41, 5.74) is 3.73. The van der Waals surface area contributed by atoms with Crippen LogP contribution in [0.2, 0.25) is 10.0 Å². The lowest BCUT2D eigenvalue weighted by molar-refractivity contribution is -0.122. The minimum Gasteiger partial charge on any atom is -0.493 e. The maximum Gasteiger partial charge on any atom is 0.226 e. The molecular weight excluding hydrogens is 504 g/mol. The zero-order chi connectivity index (χ0) is 25.7. The number of ether oxygens (including phenoxy) is 1. The van der Waals surface area contributed by atoms with Crippen LogP contribution in [0.4, 0.5) is 4.39 Å². The quantitative estimate of drug-likeness (QED) is 0.338. The van der Waals surface area contributed by atoms with E-state index in [9.17, 15) is 14.3 Å². The van der Waals surface area contributed by atoms with Crippen molar-refractivity contribution in [2.24, 2.45) is 0 Å². The molecule has 0 unspecified atom stereocenters. The molecule has 1 aromatic heterocycles. The van der Waals surface area contributed by atoms with E-state index in [1.54, 1.807) is 22.9 Å². The van der Waals surface area contributed by atoms with Crippen LogP contribution in [0.5, 0.6) is 5.75 Å². The normalized spacial score (nSPS) is 17.7. The highest BCUT2D eigenvalue weighted by Gasteiger charge is 2.26. The molecule has 3 aromatic rings. The van der Waals surface area contributed by atoms with E-state index in [0.29, 0.717) is 46.6 Å². The van der Waals surface area contributed by atoms with Crippen molar-refractivity contribution in [3.8, 4) is 22.7 Å². The van der Waals surface area contributed by atoms with E-state index < -0.39 is 12.8 Å². The molecule has 0 spiro atoms. The number of benzene rings is 2. The molecule has 1 aliphatic rings. The van der Waals surface area contributed by atoms with Gasteiger partial charge < -0.3 is 15.2 Å². The molecule has 1 heterocycles. The molecular formula is C27H30Cl2FN3O3. The van der Waals surface area contributed by atoms with Gasteiger partial charge in [-0.3, -0.25) is 9.18 Å². The van der Waals surface area contributed by atoms with Gasteiger partial charge in [-0.05, 0) is 67.8 Å². The van der Waals surface area contributed by atoms with E-state index in [-0.39, 0.29) is 18.4 Å². The summed E-state index contributed by atoms with van der Waals surface area (Å²) in [6.07, 6.45) is 3.33. The number of rotatable bonds is 9. The number of halogens is 3. The van der Waals surface area contributed by atoms with Crippen molar-refractivity contribution in [3.63, 3.8) is 0 Å². The SMILES string of the molecule is Cc1c(CC(=O)N[C@@H]2CCCC[C@@H]2O)nn(-c2ccc(Cl)cc2Cl)c1-c1ccc(OCCCF)cc1. The largest absolute Gasteiger partial charge is 0.493 e. The number of carbonyl (C=O) groups is 1. The molecule has 2 atom stereocenters. The fourth-order valence-corrected chi connectivity index (χ4v) is 5.01. The molecule has 192 valence electrons. The summed E-state index contributed by atoms with van der Waals surface area (Å²) >= 11 is 12.6. The van der Waals surface area contributed by atoms with E-state index in [1.165, 1.54) is 0 Å². The van der Waals surface area contributed by atoms with Crippen LogP contribution in [0.25, 0.3) is 16.9 Å². The molecule has 0 saturated heterocycles. The number of carbonyl (C=O) groups excluding carboxylic acids is 1. The maximum absolute atomic E-state index is 12.9. The Kier molecular flexibility index (Phi) is 8.88. The molecule has 1 saturated carbocycles. The van der Waals surface area contributed by atoms with Crippen molar-refractivity contribution in [1.82, 2.24) is 15.1 Å². The summed E-state index contributed by atoms with van der Waals surface area (Å²) in [5, 5.41) is 18.9. The summed E-state index contributed by atoms with van der Waals surface area (Å²) in [7, 11) is 0. The molecule has 0 radical (unpaired) electrons. The smallest absolute Gasteiger partial charge is 0.226 e. The molecule has 2 aromatic carbocycles. The van der Waals surface area contributed by atoms with Gasteiger partial charge >= 0.3 is 0 Å². The van der Waals surface area contributed by atoms with E-state index >= 15 is 0 Å². The molecule has 0 bridgehead atoms. The molecule has 36 heavy (non-hydrogen) atoms. The summed E-state index contributed by atoms with van der Waals surface area (Å²) in [4.78, 5) is 12.9. The molecule has 6 nitrogen and oxygen atoms in total. The van der Waals surface area contributed by atoms with Gasteiger partial charge in [-0.25, -0.2) is 4.68 Å². The third kappa shape index (κ3) is 6.20. The van der Waals surface area contributed by atoms with Crippen LogP contribution in [0.1, 0.15) is 43.4 Å². The topological polar surface area (TPSA) is 76.4 Å². The van der Waals surface area contributed by atoms with Gasteiger partial charge in [-0.1, -0.05) is 36.0 Å². The van der Waals surface area contributed by atoms with E-state index in [2.05, 4.69) is 5.32 Å². The van der Waals surface area contributed by atoms with E-state index in [4.69, 9.17) is 33.0 Å². The van der Waals surface area contributed by atoms with Crippen LogP contribution in [0.3, 0.4) is 0 Å². The number of aliphatic hydroxyl groups excluding tert-OH is 1. The van der Waals surface area contributed by atoms with Gasteiger partial charge in [0, 0.05) is 17.0 Å². The molecule has 9 heteroatoms. The minimum atomic E-state index is -0.518. The van der Waals surface area contributed by atoms with Gasteiger partial charge in [-0.15, -0.1) is 0 Å². The van der Waals surface area contributed by atoms with Crippen LogP contribution >= 0.6 is 23.2 Å². The summed E-state index contributed by atoms with van der Waals surface area (Å²) in [6.45, 7) is 1.81. The molecule has 1 aliphatic carbocycles. The first-order valence-electron chi connectivity index (χ1n) is 12.2. The average molecular weight is 534 g/mol. The number of hydrogen-bond donors (Lipinski definition) is 2. The third-order valence-electron chi connectivity index (χ3n) is 6.44. The number of aromatic nitrogens is 2. The molecule has 1 fully saturated rings. The molecule has 0 aliphatic heterocycles. The summed E-state index contributed by atoms with van der Waals surface area (Å²) < 4.78 is 19.7. The highest BCUT2D eigenvalue weighted by molar-refractivity contribution is 6.35. The van der Waals surface area contributed by atoms with Crippen molar-refractivity contribution in [2.45, 2.75) is 57.6 Å². The van der Waals surface area contributed by atoms with Crippen LogP contribution < -0.4 is 10.1 Å². The number of hydrogen-bond acceptors (Lipinski definition) is 4. The lowest BCUT2D eigenvalue weighted by Gasteiger charge is -2.28. The number of alkyl halides is 1. The van der Waals surface area contributed by atoms with Crippen molar-refractivity contribution >= 4 is 29.1 Å². The lowest BCUT2D eigenvalue weighted by atomic mass is 9.92. The van der Waals surface area contributed by atoms with Gasteiger partial charge in [0.25, 0.3) is 0 Å². The van der Waals surface area contributed by atoms with Crippen molar-refractivity contribution < 1.29 is 19.0 Å². The first-order chi connectivity index (χ1) is 17.4. The van der Waals surface area contributed by atoms with Crippen molar-refractivity contribution in [1.29, 1.82) is 0 Å². The maximum atomic E-state index is 12.9. The van der Waals surface area contributed by atoms with Crippen molar-refractivity contribution in [3.05, 3.63) is 63.8 Å².